The maximum absolute atomic E-state index is 3.19. The van der Waals surface area contributed by atoms with Crippen molar-refractivity contribution in [2.45, 2.75) is 33.9 Å². The molecule has 1 rings (SSSR count). The first-order valence-corrected chi connectivity index (χ1v) is 6.63. The van der Waals surface area contributed by atoms with Crippen molar-refractivity contribution < 1.29 is 0 Å². The third-order valence-electron chi connectivity index (χ3n) is 2.24. The maximum Gasteiger partial charge on any atom is 0.0325 e. The maximum atomic E-state index is 3.19. The summed E-state index contributed by atoms with van der Waals surface area (Å²) >= 11 is 1.91. The molecule has 0 spiro atoms. The molecule has 1 aromatic rings. The Bertz CT molecular complexity index is 312. The van der Waals surface area contributed by atoms with Gasteiger partial charge in [0.05, 0.1) is 0 Å². The summed E-state index contributed by atoms with van der Waals surface area (Å²) in [5, 5.41) is 3.19. The average molecular weight is 240 g/mol. The lowest BCUT2D eigenvalue weighted by Crippen LogP contribution is -2.28. The fourth-order valence-electron chi connectivity index (χ4n) is 1.91. The molecule has 2 nitrogen and oxygen atoms in total. The molecule has 0 amide bonds. The lowest BCUT2D eigenvalue weighted by Gasteiger charge is -2.25. The van der Waals surface area contributed by atoms with Crippen molar-refractivity contribution in [2.24, 2.45) is 5.41 Å². The van der Waals surface area contributed by atoms with E-state index in [0.717, 1.165) is 19.6 Å². The van der Waals surface area contributed by atoms with E-state index in [4.69, 9.17) is 0 Å². The van der Waals surface area contributed by atoms with Crippen LogP contribution in [0, 0.1) is 5.41 Å². The molecule has 0 fully saturated rings. The summed E-state index contributed by atoms with van der Waals surface area (Å²) < 4.78 is 0. The molecule has 0 unspecified atom stereocenters. The minimum Gasteiger partial charge on any atom is -0.315 e. The Morgan fingerprint density at radius 3 is 2.44 bits per heavy atom. The molecule has 0 aromatic carbocycles. The van der Waals surface area contributed by atoms with Gasteiger partial charge in [0.25, 0.3) is 0 Å². The van der Waals surface area contributed by atoms with Gasteiger partial charge in [-0.3, -0.25) is 0 Å². The quantitative estimate of drug-likeness (QED) is 0.851. The van der Waals surface area contributed by atoms with Crippen LogP contribution in [0.4, 0.5) is 0 Å². The standard InChI is InChI=1S/C13H24N2S/c1-13(2,3)10-15(5)9-12-7-6-11(16-12)8-14-4/h6-7,14H,8-10H2,1-5H3. The van der Waals surface area contributed by atoms with Gasteiger partial charge in [-0.2, -0.15) is 0 Å². The van der Waals surface area contributed by atoms with Crippen LogP contribution in [0.2, 0.25) is 0 Å². The molecule has 0 atom stereocenters. The number of thiophene rings is 1. The molecule has 1 aromatic heterocycles. The van der Waals surface area contributed by atoms with E-state index in [1.807, 2.05) is 18.4 Å². The van der Waals surface area contributed by atoms with Gasteiger partial charge in [-0.25, -0.2) is 0 Å². The average Bonchev–Trinajstić information content (AvgIpc) is 2.49. The lowest BCUT2D eigenvalue weighted by atomic mass is 9.96. The summed E-state index contributed by atoms with van der Waals surface area (Å²) in [5.74, 6) is 0. The van der Waals surface area contributed by atoms with E-state index >= 15 is 0 Å². The fourth-order valence-corrected chi connectivity index (χ4v) is 3.02. The zero-order valence-electron chi connectivity index (χ0n) is 11.1. The second-order valence-corrected chi connectivity index (χ2v) is 6.88. The summed E-state index contributed by atoms with van der Waals surface area (Å²) in [6.45, 7) is 10.0. The molecular formula is C13H24N2S. The van der Waals surface area contributed by atoms with Crippen molar-refractivity contribution in [3.8, 4) is 0 Å². The molecule has 1 N–H and O–H groups in total. The van der Waals surface area contributed by atoms with Gasteiger partial charge in [0.2, 0.25) is 0 Å². The van der Waals surface area contributed by atoms with Gasteiger partial charge < -0.3 is 10.2 Å². The third-order valence-corrected chi connectivity index (χ3v) is 3.31. The smallest absolute Gasteiger partial charge is 0.0325 e. The SMILES string of the molecule is CNCc1ccc(CN(C)CC(C)(C)C)s1. The molecule has 0 aliphatic heterocycles. The van der Waals surface area contributed by atoms with Crippen LogP contribution in [0.5, 0.6) is 0 Å². The second kappa shape index (κ2) is 5.80. The number of rotatable bonds is 5. The largest absolute Gasteiger partial charge is 0.315 e. The molecule has 16 heavy (non-hydrogen) atoms. The van der Waals surface area contributed by atoms with Crippen LogP contribution >= 0.6 is 11.3 Å². The van der Waals surface area contributed by atoms with Gasteiger partial charge in [-0.15, -0.1) is 11.3 Å². The summed E-state index contributed by atoms with van der Waals surface area (Å²) in [6.07, 6.45) is 0. The highest BCUT2D eigenvalue weighted by atomic mass is 32.1. The van der Waals surface area contributed by atoms with Crippen molar-refractivity contribution in [1.82, 2.24) is 10.2 Å². The van der Waals surface area contributed by atoms with E-state index in [-0.39, 0.29) is 0 Å². The van der Waals surface area contributed by atoms with Crippen molar-refractivity contribution >= 4 is 11.3 Å². The number of nitrogens with zero attached hydrogens (tertiary/aromatic N) is 1. The first kappa shape index (κ1) is 13.7. The van der Waals surface area contributed by atoms with Crippen LogP contribution in [-0.2, 0) is 13.1 Å². The number of nitrogens with one attached hydrogen (secondary N) is 1. The van der Waals surface area contributed by atoms with Gasteiger partial charge in [-0.05, 0) is 31.6 Å². The Labute approximate surface area is 104 Å². The minimum atomic E-state index is 0.375. The predicted molar refractivity (Wildman–Crippen MR) is 72.9 cm³/mol. The summed E-state index contributed by atoms with van der Waals surface area (Å²) in [4.78, 5) is 5.27. The third kappa shape index (κ3) is 5.10. The van der Waals surface area contributed by atoms with E-state index in [9.17, 15) is 0 Å². The van der Waals surface area contributed by atoms with Crippen LogP contribution < -0.4 is 5.32 Å². The van der Waals surface area contributed by atoms with Crippen LogP contribution in [0.25, 0.3) is 0 Å². The van der Waals surface area contributed by atoms with Crippen LogP contribution in [0.15, 0.2) is 12.1 Å². The topological polar surface area (TPSA) is 15.3 Å². The highest BCUT2D eigenvalue weighted by Gasteiger charge is 2.14. The van der Waals surface area contributed by atoms with Gasteiger partial charge >= 0.3 is 0 Å². The van der Waals surface area contributed by atoms with Gasteiger partial charge in [0.15, 0.2) is 0 Å². The molecule has 0 aliphatic rings. The normalized spacial score (nSPS) is 12.4. The predicted octanol–water partition coefficient (Wildman–Crippen LogP) is 2.95. The first-order valence-electron chi connectivity index (χ1n) is 5.81. The van der Waals surface area contributed by atoms with Crippen molar-refractivity contribution in [1.29, 1.82) is 0 Å². The zero-order valence-corrected chi connectivity index (χ0v) is 11.9. The zero-order chi connectivity index (χ0) is 12.2. The van der Waals surface area contributed by atoms with Crippen molar-refractivity contribution in [3.05, 3.63) is 21.9 Å². The van der Waals surface area contributed by atoms with Gasteiger partial charge in [0, 0.05) is 29.4 Å². The monoisotopic (exact) mass is 240 g/mol. The highest BCUT2D eigenvalue weighted by molar-refractivity contribution is 7.11. The lowest BCUT2D eigenvalue weighted by molar-refractivity contribution is 0.222. The van der Waals surface area contributed by atoms with Gasteiger partial charge in [-0.1, -0.05) is 20.8 Å². The molecule has 3 heteroatoms. The minimum absolute atomic E-state index is 0.375. The van der Waals surface area contributed by atoms with Crippen molar-refractivity contribution in [3.63, 3.8) is 0 Å². The molecule has 0 saturated carbocycles. The molecule has 92 valence electrons. The van der Waals surface area contributed by atoms with E-state index in [1.54, 1.807) is 0 Å². The van der Waals surface area contributed by atoms with E-state index in [2.05, 4.69) is 50.2 Å². The molecular weight excluding hydrogens is 216 g/mol. The summed E-state index contributed by atoms with van der Waals surface area (Å²) in [5.41, 5.74) is 0.375. The Kier molecular flexibility index (Phi) is 4.96. The van der Waals surface area contributed by atoms with Crippen LogP contribution in [-0.4, -0.2) is 25.5 Å². The summed E-state index contributed by atoms with van der Waals surface area (Å²) in [6, 6.07) is 4.47. The molecule has 0 radical (unpaired) electrons. The Morgan fingerprint density at radius 1 is 1.25 bits per heavy atom. The molecule has 0 aliphatic carbocycles. The van der Waals surface area contributed by atoms with Crippen LogP contribution in [0.1, 0.15) is 30.5 Å². The van der Waals surface area contributed by atoms with E-state index in [0.29, 0.717) is 5.41 Å². The number of hydrogen-bond acceptors (Lipinski definition) is 3. The van der Waals surface area contributed by atoms with E-state index < -0.39 is 0 Å². The van der Waals surface area contributed by atoms with Crippen molar-refractivity contribution in [2.75, 3.05) is 20.6 Å². The Hall–Kier alpha value is -0.380. The fraction of sp³-hybridized carbons (Fsp3) is 0.692. The molecule has 1 heterocycles. The van der Waals surface area contributed by atoms with Crippen LogP contribution in [0.3, 0.4) is 0 Å². The van der Waals surface area contributed by atoms with E-state index in [1.165, 1.54) is 9.75 Å². The van der Waals surface area contributed by atoms with Gasteiger partial charge in [0.1, 0.15) is 0 Å². The Morgan fingerprint density at radius 2 is 1.88 bits per heavy atom. The highest BCUT2D eigenvalue weighted by Crippen LogP contribution is 2.20. The first-order chi connectivity index (χ1) is 7.40. The number of hydrogen-bond donors (Lipinski definition) is 1. The Balaban J connectivity index is 2.46. The molecule has 0 bridgehead atoms. The summed E-state index contributed by atoms with van der Waals surface area (Å²) in [7, 11) is 4.19. The second-order valence-electron chi connectivity index (χ2n) is 5.63. The molecule has 0 saturated heterocycles.